The molecule has 0 radical (unpaired) electrons. The molecule has 0 bridgehead atoms. The molecule has 3 N–H and O–H groups in total. The van der Waals surface area contributed by atoms with E-state index in [9.17, 15) is 9.90 Å². The Morgan fingerprint density at radius 2 is 1.76 bits per heavy atom. The maximum Gasteiger partial charge on any atom is 0.255 e. The molecule has 0 aliphatic heterocycles. The highest BCUT2D eigenvalue weighted by Crippen LogP contribution is 2.20. The molecule has 1 heterocycles. The minimum absolute atomic E-state index is 0.107. The van der Waals surface area contributed by atoms with E-state index in [2.05, 4.69) is 15.6 Å². The van der Waals surface area contributed by atoms with E-state index in [-0.39, 0.29) is 16.8 Å². The van der Waals surface area contributed by atoms with Crippen molar-refractivity contribution in [2.75, 3.05) is 10.6 Å². The molecule has 1 aromatic heterocycles. The summed E-state index contributed by atoms with van der Waals surface area (Å²) in [5.41, 5.74) is 2.08. The van der Waals surface area contributed by atoms with E-state index in [4.69, 9.17) is 11.6 Å². The van der Waals surface area contributed by atoms with Crippen molar-refractivity contribution >= 4 is 29.0 Å². The number of nitrogens with zero attached hydrogens (tertiary/aromatic N) is 1. The van der Waals surface area contributed by atoms with Gasteiger partial charge in [-0.05, 0) is 35.9 Å². The predicted molar refractivity (Wildman–Crippen MR) is 99.1 cm³/mol. The van der Waals surface area contributed by atoms with Crippen LogP contribution in [0.25, 0.3) is 0 Å². The highest BCUT2D eigenvalue weighted by molar-refractivity contribution is 6.29. The van der Waals surface area contributed by atoms with Crippen molar-refractivity contribution in [1.82, 2.24) is 4.98 Å². The number of phenols is 1. The second-order valence-corrected chi connectivity index (χ2v) is 5.79. The third-order valence-electron chi connectivity index (χ3n) is 3.50. The summed E-state index contributed by atoms with van der Waals surface area (Å²) in [4.78, 5) is 16.5. The van der Waals surface area contributed by atoms with Crippen molar-refractivity contribution in [1.29, 1.82) is 0 Å². The molecule has 0 aliphatic rings. The first-order valence-electron chi connectivity index (χ1n) is 7.66. The van der Waals surface area contributed by atoms with Crippen LogP contribution in [0.15, 0.2) is 66.7 Å². The fourth-order valence-electron chi connectivity index (χ4n) is 2.26. The molecule has 6 heteroatoms. The number of nitrogens with one attached hydrogen (secondary N) is 2. The number of carbonyl (C=O) groups is 1. The van der Waals surface area contributed by atoms with Crippen molar-refractivity contribution in [2.24, 2.45) is 0 Å². The second-order valence-electron chi connectivity index (χ2n) is 5.40. The number of aromatic hydroxyl groups is 1. The van der Waals surface area contributed by atoms with E-state index >= 15 is 0 Å². The zero-order valence-corrected chi connectivity index (χ0v) is 14.0. The zero-order valence-electron chi connectivity index (χ0n) is 13.2. The van der Waals surface area contributed by atoms with Crippen LogP contribution >= 0.6 is 11.6 Å². The number of hydrogen-bond acceptors (Lipinski definition) is 4. The first-order chi connectivity index (χ1) is 12.1. The molecule has 0 saturated heterocycles. The molecule has 3 aromatic rings. The van der Waals surface area contributed by atoms with Gasteiger partial charge in [0.1, 0.15) is 16.7 Å². The van der Waals surface area contributed by atoms with Crippen LogP contribution in [0.2, 0.25) is 5.15 Å². The monoisotopic (exact) mass is 353 g/mol. The molecule has 2 aromatic carbocycles. The Balaban J connectivity index is 1.70. The minimum Gasteiger partial charge on any atom is -0.508 e. The van der Waals surface area contributed by atoms with Crippen LogP contribution in [-0.2, 0) is 6.54 Å². The molecule has 0 unspecified atom stereocenters. The summed E-state index contributed by atoms with van der Waals surface area (Å²) in [5.74, 6) is 0.379. The summed E-state index contributed by atoms with van der Waals surface area (Å²) in [5, 5.41) is 15.5. The molecule has 0 saturated carbocycles. The number of hydrogen-bond donors (Lipinski definition) is 3. The summed E-state index contributed by atoms with van der Waals surface area (Å²) < 4.78 is 0. The van der Waals surface area contributed by atoms with Gasteiger partial charge < -0.3 is 15.7 Å². The number of pyridine rings is 1. The lowest BCUT2D eigenvalue weighted by Gasteiger charge is -2.10. The van der Waals surface area contributed by atoms with Gasteiger partial charge >= 0.3 is 0 Å². The molecule has 0 fully saturated rings. The van der Waals surface area contributed by atoms with Crippen LogP contribution in [0, 0.1) is 0 Å². The number of phenolic OH excluding ortho intramolecular Hbond substituents is 1. The lowest BCUT2D eigenvalue weighted by molar-refractivity contribution is 0.102. The Morgan fingerprint density at radius 1 is 1.04 bits per heavy atom. The first-order valence-corrected chi connectivity index (χ1v) is 8.04. The van der Waals surface area contributed by atoms with Gasteiger partial charge in [-0.25, -0.2) is 4.98 Å². The van der Waals surface area contributed by atoms with Gasteiger partial charge in [-0.15, -0.1) is 0 Å². The third kappa shape index (κ3) is 4.71. The van der Waals surface area contributed by atoms with Crippen molar-refractivity contribution in [2.45, 2.75) is 6.54 Å². The fourth-order valence-corrected chi connectivity index (χ4v) is 2.47. The molecule has 3 rings (SSSR count). The summed E-state index contributed by atoms with van der Waals surface area (Å²) in [6, 6.07) is 19.2. The molecule has 0 atom stereocenters. The topological polar surface area (TPSA) is 74.2 Å². The van der Waals surface area contributed by atoms with Crippen LogP contribution in [0.5, 0.6) is 5.75 Å². The lowest BCUT2D eigenvalue weighted by Crippen LogP contribution is -2.12. The average molecular weight is 354 g/mol. The summed E-state index contributed by atoms with van der Waals surface area (Å²) in [6.45, 7) is 0.597. The number of carbonyl (C=O) groups excluding carboxylic acids is 1. The van der Waals surface area contributed by atoms with Gasteiger partial charge in [0.25, 0.3) is 5.91 Å². The maximum absolute atomic E-state index is 12.3. The molecular weight excluding hydrogens is 338 g/mol. The number of anilines is 2. The van der Waals surface area contributed by atoms with Crippen LogP contribution in [0.1, 0.15) is 15.9 Å². The van der Waals surface area contributed by atoms with Crippen LogP contribution in [0.3, 0.4) is 0 Å². The maximum atomic E-state index is 12.3. The predicted octanol–water partition coefficient (Wildman–Crippen LogP) is 4.31. The molecule has 0 spiro atoms. The second kappa shape index (κ2) is 7.68. The highest BCUT2D eigenvalue weighted by Gasteiger charge is 2.08. The molecular formula is C19H16ClN3O2. The van der Waals surface area contributed by atoms with Gasteiger partial charge in [0, 0.05) is 23.9 Å². The molecule has 25 heavy (non-hydrogen) atoms. The number of aromatic nitrogens is 1. The average Bonchev–Trinajstić information content (AvgIpc) is 2.61. The Bertz CT molecular complexity index is 868. The number of benzene rings is 2. The van der Waals surface area contributed by atoms with Crippen molar-refractivity contribution in [3.05, 3.63) is 83.0 Å². The summed E-state index contributed by atoms with van der Waals surface area (Å²) in [7, 11) is 0. The van der Waals surface area contributed by atoms with Gasteiger partial charge in [0.05, 0.1) is 0 Å². The van der Waals surface area contributed by atoms with Crippen molar-refractivity contribution in [3.63, 3.8) is 0 Å². The van der Waals surface area contributed by atoms with E-state index in [1.54, 1.807) is 24.3 Å². The van der Waals surface area contributed by atoms with E-state index in [0.29, 0.717) is 23.6 Å². The van der Waals surface area contributed by atoms with E-state index < -0.39 is 0 Å². The number of halogens is 1. The number of rotatable bonds is 5. The van der Waals surface area contributed by atoms with Gasteiger partial charge in [-0.3, -0.25) is 4.79 Å². The Morgan fingerprint density at radius 3 is 2.48 bits per heavy atom. The smallest absolute Gasteiger partial charge is 0.255 e. The van der Waals surface area contributed by atoms with Gasteiger partial charge in [0.2, 0.25) is 0 Å². The minimum atomic E-state index is -0.295. The molecule has 1 amide bonds. The standard InChI is InChI=1S/C19H16ClN3O2/c20-17-10-15(22-19(25)14-6-8-16(24)9-7-14)11-18(23-17)21-12-13-4-2-1-3-5-13/h1-11,24H,12H2,(H2,21,22,23,25). The van der Waals surface area contributed by atoms with Gasteiger partial charge in [-0.1, -0.05) is 41.9 Å². The SMILES string of the molecule is O=C(Nc1cc(Cl)nc(NCc2ccccc2)c1)c1ccc(O)cc1. The quantitative estimate of drug-likeness (QED) is 0.598. The summed E-state index contributed by atoms with van der Waals surface area (Å²) in [6.07, 6.45) is 0. The van der Waals surface area contributed by atoms with Crippen molar-refractivity contribution in [3.8, 4) is 5.75 Å². The third-order valence-corrected chi connectivity index (χ3v) is 3.69. The largest absolute Gasteiger partial charge is 0.508 e. The lowest BCUT2D eigenvalue weighted by atomic mass is 10.2. The van der Waals surface area contributed by atoms with Gasteiger partial charge in [-0.2, -0.15) is 0 Å². The fraction of sp³-hybridized carbons (Fsp3) is 0.0526. The molecule has 0 aliphatic carbocycles. The van der Waals surface area contributed by atoms with Crippen molar-refractivity contribution < 1.29 is 9.90 Å². The van der Waals surface area contributed by atoms with Crippen LogP contribution in [-0.4, -0.2) is 16.0 Å². The van der Waals surface area contributed by atoms with E-state index in [0.717, 1.165) is 5.56 Å². The van der Waals surface area contributed by atoms with Crippen LogP contribution in [0.4, 0.5) is 11.5 Å². The number of amides is 1. The molecule has 126 valence electrons. The van der Waals surface area contributed by atoms with E-state index in [1.807, 2.05) is 30.3 Å². The van der Waals surface area contributed by atoms with E-state index in [1.165, 1.54) is 12.1 Å². The normalized spacial score (nSPS) is 10.3. The summed E-state index contributed by atoms with van der Waals surface area (Å²) >= 11 is 6.05. The zero-order chi connectivity index (χ0) is 17.6. The van der Waals surface area contributed by atoms with Gasteiger partial charge in [0.15, 0.2) is 0 Å². The van der Waals surface area contributed by atoms with Crippen LogP contribution < -0.4 is 10.6 Å². The molecule has 5 nitrogen and oxygen atoms in total. The Kier molecular flexibility index (Phi) is 5.16. The first kappa shape index (κ1) is 16.8. The highest BCUT2D eigenvalue weighted by atomic mass is 35.5. The Labute approximate surface area is 150 Å². The Hall–Kier alpha value is -3.05.